The Labute approximate surface area is 198 Å². The van der Waals surface area contributed by atoms with Crippen LogP contribution < -0.4 is 27.8 Å². The van der Waals surface area contributed by atoms with Gasteiger partial charge in [-0.3, -0.25) is 19.4 Å². The van der Waals surface area contributed by atoms with E-state index < -0.39 is 48.1 Å². The lowest BCUT2D eigenvalue weighted by Gasteiger charge is -2.63. The molecule has 13 nitrogen and oxygen atoms in total. The zero-order valence-corrected chi connectivity index (χ0v) is 19.5. The highest BCUT2D eigenvalue weighted by atomic mass is 16.7. The van der Waals surface area contributed by atoms with E-state index in [4.69, 9.17) is 31.6 Å². The summed E-state index contributed by atoms with van der Waals surface area (Å²) in [7, 11) is -0.781. The largest absolute Gasteiger partial charge is 0.481 e. The van der Waals surface area contributed by atoms with Crippen molar-refractivity contribution in [1.29, 1.82) is 0 Å². The zero-order chi connectivity index (χ0) is 25.3. The number of carboxylic acid groups (broad SMARTS) is 1. The van der Waals surface area contributed by atoms with E-state index in [1.54, 1.807) is 0 Å². The molecule has 0 aromatic heterocycles. The van der Waals surface area contributed by atoms with E-state index >= 15 is 0 Å². The second kappa shape index (κ2) is 10.1. The van der Waals surface area contributed by atoms with Crippen LogP contribution in [-0.2, 0) is 23.7 Å². The molecule has 10 N–H and O–H groups in total. The minimum atomic E-state index is -1.06. The van der Waals surface area contributed by atoms with Gasteiger partial charge in [0.1, 0.15) is 0 Å². The van der Waals surface area contributed by atoms with Crippen molar-refractivity contribution in [3.8, 4) is 0 Å². The second-order valence-corrected chi connectivity index (χ2v) is 9.77. The second-order valence-electron chi connectivity index (χ2n) is 9.77. The van der Waals surface area contributed by atoms with Crippen molar-refractivity contribution >= 4 is 30.9 Å². The molecule has 3 aliphatic carbocycles. The summed E-state index contributed by atoms with van der Waals surface area (Å²) in [6.45, 7) is 3.62. The predicted molar refractivity (Wildman–Crippen MR) is 122 cm³/mol. The third kappa shape index (κ3) is 5.45. The lowest BCUT2D eigenvalue weighted by atomic mass is 9.48. The fourth-order valence-electron chi connectivity index (χ4n) is 5.29. The molecular formula is C20H35BN6O7. The highest BCUT2D eigenvalue weighted by molar-refractivity contribution is 6.47. The number of nitrogens with one attached hydrogen (secondary N) is 2. The normalized spacial score (nSPS) is 33.2. The number of amides is 2. The third-order valence-corrected chi connectivity index (χ3v) is 7.39. The predicted octanol–water partition coefficient (Wildman–Crippen LogP) is -2.56. The first kappa shape index (κ1) is 26.2. The third-order valence-electron chi connectivity index (χ3n) is 7.39. The van der Waals surface area contributed by atoms with Crippen LogP contribution in [0.4, 0.5) is 0 Å². The molecule has 1 heterocycles. The van der Waals surface area contributed by atoms with Crippen molar-refractivity contribution in [3.05, 3.63) is 0 Å². The van der Waals surface area contributed by atoms with Gasteiger partial charge in [-0.05, 0) is 45.4 Å². The van der Waals surface area contributed by atoms with Crippen LogP contribution in [-0.4, -0.2) is 83.5 Å². The number of aliphatic hydroxyl groups is 1. The number of aliphatic imine (C=N–C) groups is 1. The Morgan fingerprint density at radius 3 is 2.56 bits per heavy atom. The van der Waals surface area contributed by atoms with Crippen molar-refractivity contribution in [2.24, 2.45) is 34.0 Å². The zero-order valence-electron chi connectivity index (χ0n) is 19.5. The van der Waals surface area contributed by atoms with Crippen LogP contribution in [0.5, 0.6) is 0 Å². The molecule has 3 saturated carbocycles. The Morgan fingerprint density at radius 1 is 1.24 bits per heavy atom. The number of guanidine groups is 1. The average molecular weight is 482 g/mol. The van der Waals surface area contributed by atoms with Gasteiger partial charge in [-0.15, -0.1) is 0 Å². The molecule has 0 spiro atoms. The minimum absolute atomic E-state index is 0.0421. The van der Waals surface area contributed by atoms with Gasteiger partial charge in [-0.1, -0.05) is 0 Å². The van der Waals surface area contributed by atoms with E-state index in [0.29, 0.717) is 12.8 Å². The molecule has 1 saturated heterocycles. The van der Waals surface area contributed by atoms with Gasteiger partial charge in [0.25, 0.3) is 0 Å². The molecule has 34 heavy (non-hydrogen) atoms. The van der Waals surface area contributed by atoms with Crippen LogP contribution in [0.3, 0.4) is 0 Å². The van der Waals surface area contributed by atoms with Crippen LogP contribution in [0.25, 0.3) is 0 Å². The Hall–Kier alpha value is -2.42. The van der Waals surface area contributed by atoms with E-state index in [0.717, 1.165) is 6.42 Å². The first-order chi connectivity index (χ1) is 15.8. The first-order valence-electron chi connectivity index (χ1n) is 11.5. The lowest BCUT2D eigenvalue weighted by molar-refractivity contribution is -0.247. The molecule has 7 atom stereocenters. The summed E-state index contributed by atoms with van der Waals surface area (Å²) < 4.78 is 12.5. The van der Waals surface area contributed by atoms with E-state index in [9.17, 15) is 19.5 Å². The molecule has 0 radical (unpaired) electrons. The number of carbonyl (C=O) groups excluding carboxylic acids is 2. The monoisotopic (exact) mass is 482 g/mol. The first-order valence-corrected chi connectivity index (χ1v) is 11.5. The number of hydrogen-bond acceptors (Lipinski definition) is 8. The number of rotatable bonds is 11. The molecule has 190 valence electrons. The summed E-state index contributed by atoms with van der Waals surface area (Å²) in [5.74, 6) is -2.81. The fraction of sp³-hybridized carbons (Fsp3) is 0.800. The highest BCUT2D eigenvalue weighted by Gasteiger charge is 2.70. The summed E-state index contributed by atoms with van der Waals surface area (Å²) in [4.78, 5) is 39.2. The summed E-state index contributed by atoms with van der Waals surface area (Å²) in [6, 6.07) is -1.04. The van der Waals surface area contributed by atoms with Crippen LogP contribution in [0.15, 0.2) is 4.99 Å². The maximum Gasteiger partial charge on any atom is 0.481 e. The number of carboxylic acids is 1. The Bertz CT molecular complexity index is 838. The summed E-state index contributed by atoms with van der Waals surface area (Å²) in [5, 5.41) is 24.7. The van der Waals surface area contributed by atoms with Crippen molar-refractivity contribution in [3.63, 3.8) is 0 Å². The Morgan fingerprint density at radius 2 is 1.94 bits per heavy atom. The number of nitrogens with two attached hydrogens (primary N) is 3. The van der Waals surface area contributed by atoms with E-state index in [2.05, 4.69) is 15.6 Å². The molecule has 4 aliphatic rings. The van der Waals surface area contributed by atoms with Gasteiger partial charge in [-0.2, -0.15) is 0 Å². The van der Waals surface area contributed by atoms with Crippen LogP contribution in [0.2, 0.25) is 0 Å². The average Bonchev–Trinajstić information content (AvgIpc) is 3.11. The van der Waals surface area contributed by atoms with E-state index in [1.165, 1.54) is 0 Å². The molecule has 4 fully saturated rings. The summed E-state index contributed by atoms with van der Waals surface area (Å²) in [5.41, 5.74) is 15.0. The molecule has 1 aliphatic heterocycles. The number of hydrogen-bond donors (Lipinski definition) is 7. The van der Waals surface area contributed by atoms with E-state index in [1.807, 2.05) is 13.8 Å². The van der Waals surface area contributed by atoms with Gasteiger partial charge in [0.2, 0.25) is 11.8 Å². The lowest BCUT2D eigenvalue weighted by Crippen LogP contribution is -2.70. The molecule has 0 aromatic rings. The number of nitrogens with zero attached hydrogens (tertiary/aromatic N) is 1. The number of carbonyl (C=O) groups is 3. The van der Waals surface area contributed by atoms with Crippen LogP contribution in [0, 0.1) is 11.8 Å². The maximum atomic E-state index is 12.6. The van der Waals surface area contributed by atoms with Gasteiger partial charge in [0.15, 0.2) is 5.96 Å². The van der Waals surface area contributed by atoms with Crippen molar-refractivity contribution in [1.82, 2.24) is 10.6 Å². The smallest absolute Gasteiger partial charge is 0.481 e. The van der Waals surface area contributed by atoms with Gasteiger partial charge in [-0.25, -0.2) is 0 Å². The van der Waals surface area contributed by atoms with Gasteiger partial charge >= 0.3 is 13.1 Å². The van der Waals surface area contributed by atoms with Crippen molar-refractivity contribution < 1.29 is 33.9 Å². The van der Waals surface area contributed by atoms with Crippen molar-refractivity contribution in [2.75, 3.05) is 13.1 Å². The molecule has 14 heteroatoms. The topological polar surface area (TPSA) is 225 Å². The molecule has 2 bridgehead atoms. The quantitative estimate of drug-likeness (QED) is 0.0926. The molecule has 2 unspecified atom stereocenters. The molecule has 0 aromatic carbocycles. The summed E-state index contributed by atoms with van der Waals surface area (Å²) >= 11 is 0. The molecule has 2 amide bonds. The van der Waals surface area contributed by atoms with Crippen LogP contribution in [0.1, 0.15) is 46.0 Å². The molecular weight excluding hydrogens is 447 g/mol. The van der Waals surface area contributed by atoms with Crippen molar-refractivity contribution in [2.45, 2.75) is 75.2 Å². The Kier molecular flexibility index (Phi) is 7.75. The highest BCUT2D eigenvalue weighted by Crippen LogP contribution is 2.61. The van der Waals surface area contributed by atoms with Gasteiger partial charge < -0.3 is 47.4 Å². The standard InChI is InChI=1S/C20H35BN6O7/c1-19(32)10-7-12(19)20(2)13(8-10)33-21(34-20)14(5-6-25-18(23)24)27-15(28)9-26-17(31)11(22)3-4-16(29)30/h10-14,32H,3-9,22H2,1-2H3,(H,26,31)(H,27,28)(H,29,30)(H4,23,24,25)/t10-,11-,12-,13?,14+,19?,20-/m0/s1. The Balaban J connectivity index is 1.59. The van der Waals surface area contributed by atoms with Gasteiger partial charge in [0, 0.05) is 18.9 Å². The molecule has 4 rings (SSSR count). The van der Waals surface area contributed by atoms with E-state index in [-0.39, 0.29) is 49.8 Å². The fourth-order valence-corrected chi connectivity index (χ4v) is 5.29. The van der Waals surface area contributed by atoms with Gasteiger partial charge in [0.05, 0.1) is 35.8 Å². The summed E-state index contributed by atoms with van der Waals surface area (Å²) in [6.07, 6.45) is 1.33. The van der Waals surface area contributed by atoms with Crippen LogP contribution >= 0.6 is 0 Å². The minimum Gasteiger partial charge on any atom is -0.481 e. The number of aliphatic carboxylic acids is 1. The SMILES string of the molecule is CC1(O)[C@@H]2CC3OB([C@@H](CCN=C(N)N)NC(=O)CNC(=O)[C@@H](N)CCC(=O)O)O[C@@]3(C)[C@H]1C2. The maximum absolute atomic E-state index is 12.6.